The maximum Gasteiger partial charge on any atom is 0.0154 e. The minimum atomic E-state index is 0.489. The molecule has 1 nitrogen and oxygen atoms in total. The van der Waals surface area contributed by atoms with Gasteiger partial charge in [0, 0.05) is 10.8 Å². The molecule has 0 spiro atoms. The first-order valence-electron chi connectivity index (χ1n) is 5.65. The number of hydrogen-bond donors (Lipinski definition) is 1. The summed E-state index contributed by atoms with van der Waals surface area (Å²) in [6, 6.07) is 0. The van der Waals surface area contributed by atoms with Gasteiger partial charge in [-0.1, -0.05) is 0 Å². The van der Waals surface area contributed by atoms with E-state index in [-0.39, 0.29) is 0 Å². The molecule has 2 atom stereocenters. The molecule has 13 heavy (non-hydrogen) atoms. The Bertz CT molecular complexity index is 157. The van der Waals surface area contributed by atoms with Gasteiger partial charge in [-0.2, -0.15) is 11.8 Å². The van der Waals surface area contributed by atoms with Crippen LogP contribution in [0, 0.1) is 0 Å². The van der Waals surface area contributed by atoms with Gasteiger partial charge in [-0.15, -0.1) is 0 Å². The molecule has 0 amide bonds. The molecule has 2 unspecified atom stereocenters. The van der Waals surface area contributed by atoms with E-state index < -0.39 is 0 Å². The van der Waals surface area contributed by atoms with Crippen LogP contribution in [0.2, 0.25) is 0 Å². The molecule has 76 valence electrons. The largest absolute Gasteiger partial charge is 0.312 e. The van der Waals surface area contributed by atoms with Gasteiger partial charge in [-0.3, -0.25) is 0 Å². The highest BCUT2D eigenvalue weighted by molar-refractivity contribution is 8.00. The summed E-state index contributed by atoms with van der Waals surface area (Å²) in [6.07, 6.45) is 8.54. The van der Waals surface area contributed by atoms with E-state index in [1.165, 1.54) is 50.8 Å². The van der Waals surface area contributed by atoms with Gasteiger partial charge in [0.2, 0.25) is 0 Å². The molecule has 2 aliphatic rings. The Hall–Kier alpha value is 0.310. The molecular formula is C11H21NS. The number of hydrogen-bond acceptors (Lipinski definition) is 2. The Morgan fingerprint density at radius 2 is 2.38 bits per heavy atom. The average molecular weight is 199 g/mol. The second-order valence-electron chi connectivity index (χ2n) is 4.76. The van der Waals surface area contributed by atoms with Gasteiger partial charge in [0.15, 0.2) is 0 Å². The van der Waals surface area contributed by atoms with Crippen LogP contribution in [0.3, 0.4) is 0 Å². The first kappa shape index (κ1) is 9.85. The molecule has 0 aromatic rings. The highest BCUT2D eigenvalue weighted by Gasteiger charge is 2.29. The summed E-state index contributed by atoms with van der Waals surface area (Å²) in [4.78, 5) is 0. The number of thioether (sulfide) groups is 1. The molecule has 0 radical (unpaired) electrons. The second-order valence-corrected chi connectivity index (χ2v) is 6.17. The highest BCUT2D eigenvalue weighted by Crippen LogP contribution is 2.33. The molecule has 0 aromatic heterocycles. The minimum absolute atomic E-state index is 0.489. The Balaban J connectivity index is 1.71. The fraction of sp³-hybridized carbons (Fsp3) is 1.00. The van der Waals surface area contributed by atoms with Crippen LogP contribution in [-0.4, -0.2) is 23.1 Å². The zero-order chi connectivity index (χ0) is 9.15. The predicted molar refractivity (Wildman–Crippen MR) is 60.4 cm³/mol. The molecule has 2 rings (SSSR count). The first-order valence-corrected chi connectivity index (χ1v) is 6.70. The summed E-state index contributed by atoms with van der Waals surface area (Å²) in [5.41, 5.74) is 0.489. The maximum atomic E-state index is 3.65. The molecule has 0 saturated carbocycles. The van der Waals surface area contributed by atoms with Crippen molar-refractivity contribution in [2.45, 2.75) is 56.2 Å². The third kappa shape index (κ3) is 2.63. The fourth-order valence-corrected chi connectivity index (χ4v) is 3.81. The summed E-state index contributed by atoms with van der Waals surface area (Å²) in [5.74, 6) is 1.41. The van der Waals surface area contributed by atoms with Crippen LogP contribution in [0.5, 0.6) is 0 Å². The van der Waals surface area contributed by atoms with Gasteiger partial charge in [-0.05, 0) is 57.7 Å². The summed E-state index contributed by atoms with van der Waals surface area (Å²) in [6.45, 7) is 3.65. The van der Waals surface area contributed by atoms with Crippen molar-refractivity contribution >= 4 is 11.8 Å². The van der Waals surface area contributed by atoms with Crippen LogP contribution < -0.4 is 5.32 Å². The van der Waals surface area contributed by atoms with Crippen molar-refractivity contribution < 1.29 is 0 Å². The van der Waals surface area contributed by atoms with Gasteiger partial charge in [0.25, 0.3) is 0 Å². The zero-order valence-corrected chi connectivity index (χ0v) is 9.46. The summed E-state index contributed by atoms with van der Waals surface area (Å²) >= 11 is 2.20. The van der Waals surface area contributed by atoms with Gasteiger partial charge < -0.3 is 5.32 Å². The Labute approximate surface area is 86.0 Å². The van der Waals surface area contributed by atoms with Crippen molar-refractivity contribution in [2.24, 2.45) is 0 Å². The SMILES string of the molecule is CC1(CCC2CCCS2)CCCN1. The van der Waals surface area contributed by atoms with E-state index in [0.29, 0.717) is 5.54 Å². The van der Waals surface area contributed by atoms with Crippen molar-refractivity contribution in [2.75, 3.05) is 12.3 Å². The minimum Gasteiger partial charge on any atom is -0.312 e. The molecule has 0 bridgehead atoms. The lowest BCUT2D eigenvalue weighted by atomic mass is 9.92. The van der Waals surface area contributed by atoms with Crippen LogP contribution in [0.15, 0.2) is 0 Å². The molecule has 2 fully saturated rings. The van der Waals surface area contributed by atoms with Crippen molar-refractivity contribution in [1.29, 1.82) is 0 Å². The van der Waals surface area contributed by atoms with Gasteiger partial charge in [0.1, 0.15) is 0 Å². The van der Waals surface area contributed by atoms with E-state index in [4.69, 9.17) is 0 Å². The van der Waals surface area contributed by atoms with Crippen molar-refractivity contribution in [3.05, 3.63) is 0 Å². The van der Waals surface area contributed by atoms with Gasteiger partial charge >= 0.3 is 0 Å². The normalized spacial score (nSPS) is 39.9. The summed E-state index contributed by atoms with van der Waals surface area (Å²) in [7, 11) is 0. The second kappa shape index (κ2) is 4.22. The Morgan fingerprint density at radius 1 is 1.46 bits per heavy atom. The predicted octanol–water partition coefficient (Wildman–Crippen LogP) is 2.80. The van der Waals surface area contributed by atoms with Crippen LogP contribution in [0.25, 0.3) is 0 Å². The quantitative estimate of drug-likeness (QED) is 0.750. The Kier molecular flexibility index (Phi) is 3.20. The molecule has 2 heterocycles. The van der Waals surface area contributed by atoms with Crippen LogP contribution in [0.1, 0.15) is 45.4 Å². The van der Waals surface area contributed by atoms with E-state index in [1.54, 1.807) is 0 Å². The molecule has 2 aliphatic heterocycles. The van der Waals surface area contributed by atoms with Crippen LogP contribution in [0.4, 0.5) is 0 Å². The lowest BCUT2D eigenvalue weighted by Gasteiger charge is -2.25. The Morgan fingerprint density at radius 3 is 3.00 bits per heavy atom. The van der Waals surface area contributed by atoms with E-state index in [1.807, 2.05) is 0 Å². The van der Waals surface area contributed by atoms with Crippen molar-refractivity contribution in [3.8, 4) is 0 Å². The average Bonchev–Trinajstić information content (AvgIpc) is 2.72. The number of nitrogens with one attached hydrogen (secondary N) is 1. The van der Waals surface area contributed by atoms with Crippen LogP contribution in [-0.2, 0) is 0 Å². The van der Waals surface area contributed by atoms with Gasteiger partial charge in [0.05, 0.1) is 0 Å². The van der Waals surface area contributed by atoms with E-state index in [0.717, 1.165) is 5.25 Å². The zero-order valence-electron chi connectivity index (χ0n) is 8.64. The molecule has 2 heteroatoms. The molecule has 1 N–H and O–H groups in total. The summed E-state index contributed by atoms with van der Waals surface area (Å²) < 4.78 is 0. The topological polar surface area (TPSA) is 12.0 Å². The molecular weight excluding hydrogens is 178 g/mol. The fourth-order valence-electron chi connectivity index (χ4n) is 2.52. The van der Waals surface area contributed by atoms with E-state index in [2.05, 4.69) is 24.0 Å². The van der Waals surface area contributed by atoms with Crippen LogP contribution >= 0.6 is 11.8 Å². The van der Waals surface area contributed by atoms with E-state index in [9.17, 15) is 0 Å². The highest BCUT2D eigenvalue weighted by atomic mass is 32.2. The first-order chi connectivity index (χ1) is 6.29. The maximum absolute atomic E-state index is 3.65. The summed E-state index contributed by atoms with van der Waals surface area (Å²) in [5, 5.41) is 4.63. The molecule has 0 aliphatic carbocycles. The number of rotatable bonds is 3. The molecule has 2 saturated heterocycles. The standard InChI is InChI=1S/C11H21NS/c1-11(6-3-8-12-11)7-5-10-4-2-9-13-10/h10,12H,2-9H2,1H3. The smallest absolute Gasteiger partial charge is 0.0154 e. The lowest BCUT2D eigenvalue weighted by molar-refractivity contribution is 0.370. The van der Waals surface area contributed by atoms with E-state index >= 15 is 0 Å². The van der Waals surface area contributed by atoms with Crippen molar-refractivity contribution in [1.82, 2.24) is 5.32 Å². The van der Waals surface area contributed by atoms with Gasteiger partial charge in [-0.25, -0.2) is 0 Å². The third-order valence-electron chi connectivity index (χ3n) is 3.50. The third-order valence-corrected chi connectivity index (χ3v) is 4.97. The lowest BCUT2D eigenvalue weighted by Crippen LogP contribution is -2.36. The monoisotopic (exact) mass is 199 g/mol. The van der Waals surface area contributed by atoms with Crippen molar-refractivity contribution in [3.63, 3.8) is 0 Å². The molecule has 0 aromatic carbocycles.